The Labute approximate surface area is 159 Å². The fraction of sp³-hybridized carbons (Fsp3) is 0.300. The van der Waals surface area contributed by atoms with Gasteiger partial charge in [0.2, 0.25) is 0 Å². The molecule has 2 aromatic rings. The van der Waals surface area contributed by atoms with Crippen LogP contribution >= 0.6 is 0 Å². The maximum Gasteiger partial charge on any atom is 0.268 e. The molecule has 146 valence electrons. The smallest absolute Gasteiger partial charge is 0.268 e. The van der Waals surface area contributed by atoms with E-state index in [4.69, 9.17) is 5.21 Å². The van der Waals surface area contributed by atoms with E-state index in [2.05, 4.69) is 5.32 Å². The zero-order valence-corrected chi connectivity index (χ0v) is 14.9. The monoisotopic (exact) mass is 373 g/mol. The van der Waals surface area contributed by atoms with Crippen molar-refractivity contribution in [1.29, 1.82) is 0 Å². The van der Waals surface area contributed by atoms with Crippen LogP contribution in [0.5, 0.6) is 0 Å². The maximum atomic E-state index is 12.3. The van der Waals surface area contributed by atoms with Crippen LogP contribution in [0.1, 0.15) is 24.7 Å². The second kappa shape index (κ2) is 9.70. The molecule has 2 rings (SSSR count). The van der Waals surface area contributed by atoms with Crippen LogP contribution in [0.25, 0.3) is 11.1 Å². The van der Waals surface area contributed by atoms with E-state index >= 15 is 0 Å². The first-order chi connectivity index (χ1) is 12.3. The lowest BCUT2D eigenvalue weighted by atomic mass is 10.0. The van der Waals surface area contributed by atoms with E-state index in [1.54, 1.807) is 12.1 Å². The van der Waals surface area contributed by atoms with E-state index < -0.39 is 24.0 Å². The van der Waals surface area contributed by atoms with Gasteiger partial charge < -0.3 is 15.3 Å². The molecule has 0 fully saturated rings. The van der Waals surface area contributed by atoms with Crippen LogP contribution in [0.2, 0.25) is 0 Å². The highest BCUT2D eigenvalue weighted by Crippen LogP contribution is 2.22. The highest BCUT2D eigenvalue weighted by atomic mass is 16.5. The Morgan fingerprint density at radius 2 is 1.44 bits per heavy atom. The Morgan fingerprint density at radius 1 is 0.963 bits per heavy atom. The third-order valence-electron chi connectivity index (χ3n) is 4.03. The number of benzene rings is 2. The number of hydrogen-bond acceptors (Lipinski definition) is 5. The highest BCUT2D eigenvalue weighted by Gasteiger charge is 2.25. The van der Waals surface area contributed by atoms with Gasteiger partial charge in [-0.05, 0) is 42.3 Å². The van der Waals surface area contributed by atoms with E-state index in [1.165, 1.54) is 12.4 Å². The van der Waals surface area contributed by atoms with Gasteiger partial charge in [-0.1, -0.05) is 31.7 Å². The number of nitrogens with zero attached hydrogens (tertiary/aromatic N) is 1. The van der Waals surface area contributed by atoms with Gasteiger partial charge in [-0.3, -0.25) is 14.8 Å². The summed E-state index contributed by atoms with van der Waals surface area (Å²) >= 11 is 0. The predicted molar refractivity (Wildman–Crippen MR) is 106 cm³/mol. The molecule has 2 amide bonds. The van der Waals surface area contributed by atoms with E-state index in [9.17, 15) is 14.7 Å². The van der Waals surface area contributed by atoms with Gasteiger partial charge in [-0.15, -0.1) is 0 Å². The molecule has 0 aliphatic heterocycles. The second-order valence-electron chi connectivity index (χ2n) is 6.19. The van der Waals surface area contributed by atoms with Crippen LogP contribution in [0, 0.1) is 0 Å². The first kappa shape index (κ1) is 22.1. The normalized spacial score (nSPS) is 12.3. The van der Waals surface area contributed by atoms with E-state index in [1.807, 2.05) is 55.4 Å². The number of hydrogen-bond donors (Lipinski definition) is 4. The van der Waals surface area contributed by atoms with Crippen LogP contribution in [-0.2, 0) is 4.79 Å². The van der Waals surface area contributed by atoms with Crippen LogP contribution in [0.4, 0.5) is 5.69 Å². The largest absolute Gasteiger partial charge is 0.391 e. The van der Waals surface area contributed by atoms with Crippen molar-refractivity contribution < 1.29 is 19.9 Å². The second-order valence-corrected chi connectivity index (χ2v) is 6.19. The quantitative estimate of drug-likeness (QED) is 0.458. The minimum atomic E-state index is -1.24. The number of rotatable bonds is 6. The van der Waals surface area contributed by atoms with Crippen LogP contribution in [0.15, 0.2) is 48.5 Å². The Balaban J connectivity index is 0.00000364. The van der Waals surface area contributed by atoms with Crippen LogP contribution < -0.4 is 15.7 Å². The van der Waals surface area contributed by atoms with Crippen molar-refractivity contribution >= 4 is 17.5 Å². The average molecular weight is 373 g/mol. The Hall–Kier alpha value is -2.90. The molecule has 0 aromatic heterocycles. The summed E-state index contributed by atoms with van der Waals surface area (Å²) in [5, 5.41) is 20.7. The highest BCUT2D eigenvalue weighted by molar-refractivity contribution is 5.97. The molecule has 0 aliphatic rings. The molecular formula is C20H27N3O4. The number of amides is 2. The summed E-state index contributed by atoms with van der Waals surface area (Å²) in [4.78, 5) is 25.8. The zero-order valence-electron chi connectivity index (χ0n) is 14.9. The fourth-order valence-corrected chi connectivity index (χ4v) is 2.47. The number of nitrogens with one attached hydrogen (secondary N) is 2. The molecule has 0 aliphatic carbocycles. The van der Waals surface area contributed by atoms with Crippen molar-refractivity contribution in [2.45, 2.75) is 26.5 Å². The molecule has 0 bridgehead atoms. The van der Waals surface area contributed by atoms with Crippen molar-refractivity contribution in [2.24, 2.45) is 0 Å². The number of anilines is 1. The van der Waals surface area contributed by atoms with Crippen molar-refractivity contribution in [3.8, 4) is 11.1 Å². The third-order valence-corrected chi connectivity index (χ3v) is 4.03. The lowest BCUT2D eigenvalue weighted by molar-refractivity contribution is -0.133. The Kier molecular flexibility index (Phi) is 7.96. The van der Waals surface area contributed by atoms with Gasteiger partial charge in [0.15, 0.2) is 0 Å². The lowest BCUT2D eigenvalue weighted by Crippen LogP contribution is -2.51. The molecule has 27 heavy (non-hydrogen) atoms. The molecule has 0 saturated carbocycles. The summed E-state index contributed by atoms with van der Waals surface area (Å²) in [5.74, 6) is -1.40. The Bertz CT molecular complexity index is 756. The van der Waals surface area contributed by atoms with Gasteiger partial charge in [-0.25, -0.2) is 5.48 Å². The maximum absolute atomic E-state index is 12.3. The Morgan fingerprint density at radius 3 is 1.85 bits per heavy atom. The molecule has 0 spiro atoms. The van der Waals surface area contributed by atoms with E-state index in [0.29, 0.717) is 5.56 Å². The third kappa shape index (κ3) is 5.54. The predicted octanol–water partition coefficient (Wildman–Crippen LogP) is 2.04. The lowest BCUT2D eigenvalue weighted by Gasteiger charge is -2.19. The summed E-state index contributed by atoms with van der Waals surface area (Å²) in [6.45, 7) is 1.35. The van der Waals surface area contributed by atoms with Gasteiger partial charge in [0.05, 0.1) is 6.10 Å². The molecule has 4 N–H and O–H groups in total. The topological polar surface area (TPSA) is 102 Å². The summed E-state index contributed by atoms with van der Waals surface area (Å²) in [5.41, 5.74) is 4.83. The summed E-state index contributed by atoms with van der Waals surface area (Å²) in [6.07, 6.45) is -1.15. The SMILES string of the molecule is C.C[C@@H](O)[C@H](NC(=O)c1ccc(-c2ccc(N(C)C)cc2)cc1)C(=O)NO. The molecule has 0 saturated heterocycles. The number of carbonyl (C=O) groups excluding carboxylic acids is 2. The van der Waals surface area contributed by atoms with Gasteiger partial charge in [0.1, 0.15) is 6.04 Å². The molecular weight excluding hydrogens is 346 g/mol. The first-order valence-electron chi connectivity index (χ1n) is 8.14. The molecule has 0 unspecified atom stereocenters. The zero-order chi connectivity index (χ0) is 19.3. The van der Waals surface area contributed by atoms with Crippen molar-refractivity contribution in [2.75, 3.05) is 19.0 Å². The van der Waals surface area contributed by atoms with Crippen LogP contribution in [-0.4, -0.2) is 48.4 Å². The minimum absolute atomic E-state index is 0. The molecule has 0 heterocycles. The van der Waals surface area contributed by atoms with E-state index in [0.717, 1.165) is 16.8 Å². The minimum Gasteiger partial charge on any atom is -0.391 e. The van der Waals surface area contributed by atoms with Crippen molar-refractivity contribution in [3.05, 3.63) is 54.1 Å². The van der Waals surface area contributed by atoms with Crippen molar-refractivity contribution in [1.82, 2.24) is 10.8 Å². The average Bonchev–Trinajstić information content (AvgIpc) is 2.65. The summed E-state index contributed by atoms with van der Waals surface area (Å²) in [7, 11) is 3.94. The standard InChI is InChI=1S/C19H23N3O4.CH4/c1-12(23)17(19(25)21-26)20-18(24)15-6-4-13(5-7-15)14-8-10-16(11-9-14)22(2)3;/h4-12,17,23,26H,1-3H3,(H,20,24)(H,21,25);1H4/t12-,17+;/m1./s1. The number of aliphatic hydroxyl groups is 1. The number of aliphatic hydroxyl groups excluding tert-OH is 1. The molecule has 2 atom stereocenters. The number of carbonyl (C=O) groups is 2. The first-order valence-corrected chi connectivity index (χ1v) is 8.14. The van der Waals surface area contributed by atoms with Gasteiger partial charge in [0, 0.05) is 25.3 Å². The molecule has 0 radical (unpaired) electrons. The molecule has 7 nitrogen and oxygen atoms in total. The number of hydroxylamine groups is 1. The van der Waals surface area contributed by atoms with Gasteiger partial charge >= 0.3 is 0 Å². The molecule has 7 heteroatoms. The fourth-order valence-electron chi connectivity index (χ4n) is 2.47. The van der Waals surface area contributed by atoms with Gasteiger partial charge in [0.25, 0.3) is 11.8 Å². The van der Waals surface area contributed by atoms with Gasteiger partial charge in [-0.2, -0.15) is 0 Å². The van der Waals surface area contributed by atoms with Crippen LogP contribution in [0.3, 0.4) is 0 Å². The molecule has 2 aromatic carbocycles. The van der Waals surface area contributed by atoms with E-state index in [-0.39, 0.29) is 7.43 Å². The summed E-state index contributed by atoms with van der Waals surface area (Å²) in [6, 6.07) is 13.7. The summed E-state index contributed by atoms with van der Waals surface area (Å²) < 4.78 is 0. The van der Waals surface area contributed by atoms with Crippen molar-refractivity contribution in [3.63, 3.8) is 0 Å².